The number of aromatic nitrogens is 2. The van der Waals surface area contributed by atoms with Gasteiger partial charge in [0.15, 0.2) is 0 Å². The predicted octanol–water partition coefficient (Wildman–Crippen LogP) is 1.83. The van der Waals surface area contributed by atoms with Gasteiger partial charge in [0.1, 0.15) is 11.9 Å². The van der Waals surface area contributed by atoms with E-state index < -0.39 is 0 Å². The molecule has 2 N–H and O–H groups in total. The van der Waals surface area contributed by atoms with Crippen LogP contribution in [-0.2, 0) is 11.8 Å². The van der Waals surface area contributed by atoms with Gasteiger partial charge in [-0.3, -0.25) is 9.48 Å². The van der Waals surface area contributed by atoms with Crippen molar-refractivity contribution in [3.8, 4) is 0 Å². The van der Waals surface area contributed by atoms with Crippen LogP contribution in [0.1, 0.15) is 39.8 Å². The van der Waals surface area contributed by atoms with E-state index in [0.717, 1.165) is 17.9 Å². The highest BCUT2D eigenvalue weighted by Crippen LogP contribution is 2.10. The number of hydrogen-bond acceptors (Lipinski definition) is 3. The molecule has 0 saturated carbocycles. The van der Waals surface area contributed by atoms with Crippen molar-refractivity contribution in [3.05, 3.63) is 11.8 Å². The highest BCUT2D eigenvalue weighted by Gasteiger charge is 2.22. The topological polar surface area (TPSA) is 59.0 Å². The van der Waals surface area contributed by atoms with E-state index in [2.05, 4.69) is 22.7 Å². The number of hydrogen-bond donors (Lipinski definition) is 2. The number of carbonyl (C=O) groups is 1. The smallest absolute Gasteiger partial charge is 0.242 e. The van der Waals surface area contributed by atoms with Crippen LogP contribution >= 0.6 is 0 Å². The maximum absolute atomic E-state index is 12.0. The molecule has 102 valence electrons. The van der Waals surface area contributed by atoms with Gasteiger partial charge in [0.05, 0.1) is 0 Å². The van der Waals surface area contributed by atoms with Crippen LogP contribution in [0.25, 0.3) is 0 Å². The lowest BCUT2D eigenvalue weighted by Crippen LogP contribution is -2.48. The molecular formula is C13H24N4O. The summed E-state index contributed by atoms with van der Waals surface area (Å²) in [6, 6.07) is 1.62. The van der Waals surface area contributed by atoms with Crippen molar-refractivity contribution in [2.45, 2.75) is 52.6 Å². The second-order valence-corrected chi connectivity index (χ2v) is 5.39. The summed E-state index contributed by atoms with van der Waals surface area (Å²) in [6.45, 7) is 9.90. The van der Waals surface area contributed by atoms with Crippen LogP contribution in [0.3, 0.4) is 0 Å². The maximum atomic E-state index is 12.0. The molecule has 1 atom stereocenters. The Kier molecular flexibility index (Phi) is 4.38. The third-order valence-corrected chi connectivity index (χ3v) is 3.22. The van der Waals surface area contributed by atoms with Crippen LogP contribution in [0, 0.1) is 6.92 Å². The van der Waals surface area contributed by atoms with Crippen LogP contribution in [0.5, 0.6) is 0 Å². The first kappa shape index (κ1) is 14.5. The fraction of sp³-hybridized carbons (Fsp3) is 0.692. The van der Waals surface area contributed by atoms with Crippen molar-refractivity contribution in [3.63, 3.8) is 0 Å². The predicted molar refractivity (Wildman–Crippen MR) is 73.5 cm³/mol. The van der Waals surface area contributed by atoms with Crippen LogP contribution in [0.2, 0.25) is 0 Å². The summed E-state index contributed by atoms with van der Waals surface area (Å²) in [5.74, 6) is 0.720. The number of nitrogens with zero attached hydrogens (tertiary/aromatic N) is 2. The van der Waals surface area contributed by atoms with Crippen molar-refractivity contribution in [1.29, 1.82) is 0 Å². The van der Waals surface area contributed by atoms with Gasteiger partial charge in [-0.05, 0) is 34.1 Å². The molecule has 5 heteroatoms. The summed E-state index contributed by atoms with van der Waals surface area (Å²) in [5.41, 5.74) is 0.881. The fourth-order valence-corrected chi connectivity index (χ4v) is 1.45. The van der Waals surface area contributed by atoms with E-state index in [9.17, 15) is 4.79 Å². The molecule has 1 amide bonds. The second-order valence-electron chi connectivity index (χ2n) is 5.39. The molecule has 0 aliphatic carbocycles. The highest BCUT2D eigenvalue weighted by molar-refractivity contribution is 5.84. The minimum absolute atomic E-state index is 0.00911. The molecule has 0 aromatic carbocycles. The summed E-state index contributed by atoms with van der Waals surface area (Å²) in [6.07, 6.45) is 0.897. The third-order valence-electron chi connectivity index (χ3n) is 3.22. The minimum Gasteiger partial charge on any atom is -0.357 e. The van der Waals surface area contributed by atoms with Gasteiger partial charge in [-0.1, -0.05) is 6.92 Å². The van der Waals surface area contributed by atoms with Crippen LogP contribution in [-0.4, -0.2) is 27.3 Å². The number of anilines is 1. The monoisotopic (exact) mass is 252 g/mol. The molecule has 0 aliphatic heterocycles. The lowest BCUT2D eigenvalue weighted by molar-refractivity contribution is -0.123. The third kappa shape index (κ3) is 3.75. The number of amides is 1. The van der Waals surface area contributed by atoms with E-state index in [0.29, 0.717) is 0 Å². The standard InChI is InChI=1S/C13H24N4O/c1-7-13(4,5)15-12(18)10(3)14-11-8-9(2)17(6)16-11/h8,10H,7H2,1-6H3,(H,14,16)(H,15,18). The first-order chi connectivity index (χ1) is 8.25. The van der Waals surface area contributed by atoms with Gasteiger partial charge in [0.2, 0.25) is 5.91 Å². The summed E-state index contributed by atoms with van der Waals surface area (Å²) < 4.78 is 1.78. The minimum atomic E-state index is -0.301. The fourth-order valence-electron chi connectivity index (χ4n) is 1.45. The summed E-state index contributed by atoms with van der Waals surface area (Å²) in [5, 5.41) is 10.4. The Hall–Kier alpha value is -1.52. The van der Waals surface area contributed by atoms with Crippen LogP contribution in [0.4, 0.5) is 5.82 Å². The van der Waals surface area contributed by atoms with Crippen LogP contribution in [0.15, 0.2) is 6.07 Å². The van der Waals surface area contributed by atoms with E-state index >= 15 is 0 Å². The van der Waals surface area contributed by atoms with E-state index in [1.807, 2.05) is 40.8 Å². The Bertz CT molecular complexity index is 403. The van der Waals surface area contributed by atoms with Crippen LogP contribution < -0.4 is 10.6 Å². The van der Waals surface area contributed by atoms with Gasteiger partial charge in [-0.2, -0.15) is 5.10 Å². The SMILES string of the molecule is CCC(C)(C)NC(=O)C(C)Nc1cc(C)n(C)n1. The molecule has 1 unspecified atom stereocenters. The zero-order valence-corrected chi connectivity index (χ0v) is 12.2. The molecule has 0 bridgehead atoms. The van der Waals surface area contributed by atoms with Gasteiger partial charge in [-0.15, -0.1) is 0 Å². The number of rotatable bonds is 5. The highest BCUT2D eigenvalue weighted by atomic mass is 16.2. The van der Waals surface area contributed by atoms with Crippen molar-refractivity contribution in [2.75, 3.05) is 5.32 Å². The van der Waals surface area contributed by atoms with Crippen molar-refractivity contribution < 1.29 is 4.79 Å². The molecule has 1 heterocycles. The van der Waals surface area contributed by atoms with Gasteiger partial charge < -0.3 is 10.6 Å². The van der Waals surface area contributed by atoms with Gasteiger partial charge in [0.25, 0.3) is 0 Å². The molecule has 0 saturated heterocycles. The number of nitrogens with one attached hydrogen (secondary N) is 2. The van der Waals surface area contributed by atoms with Gasteiger partial charge in [0, 0.05) is 24.3 Å². The first-order valence-corrected chi connectivity index (χ1v) is 6.34. The normalized spacial score (nSPS) is 13.2. The molecular weight excluding hydrogens is 228 g/mol. The lowest BCUT2D eigenvalue weighted by Gasteiger charge is -2.26. The Morgan fingerprint density at radius 2 is 2.17 bits per heavy atom. The summed E-state index contributed by atoms with van der Waals surface area (Å²) >= 11 is 0. The van der Waals surface area contributed by atoms with Gasteiger partial charge >= 0.3 is 0 Å². The number of carbonyl (C=O) groups excluding carboxylic acids is 1. The van der Waals surface area contributed by atoms with Crippen molar-refractivity contribution >= 4 is 11.7 Å². The Morgan fingerprint density at radius 3 is 2.61 bits per heavy atom. The largest absolute Gasteiger partial charge is 0.357 e. The average molecular weight is 252 g/mol. The van der Waals surface area contributed by atoms with Crippen molar-refractivity contribution in [1.82, 2.24) is 15.1 Å². The molecule has 1 rings (SSSR count). The Labute approximate surface area is 109 Å². The maximum Gasteiger partial charge on any atom is 0.242 e. The Balaban J connectivity index is 2.60. The zero-order valence-electron chi connectivity index (χ0n) is 12.2. The average Bonchev–Trinajstić information content (AvgIpc) is 2.57. The van der Waals surface area contributed by atoms with E-state index in [1.165, 1.54) is 0 Å². The summed E-state index contributed by atoms with van der Waals surface area (Å²) in [7, 11) is 1.88. The van der Waals surface area contributed by atoms with E-state index in [-0.39, 0.29) is 17.5 Å². The van der Waals surface area contributed by atoms with Crippen molar-refractivity contribution in [2.24, 2.45) is 7.05 Å². The second kappa shape index (κ2) is 5.42. The molecule has 0 spiro atoms. The molecule has 18 heavy (non-hydrogen) atoms. The number of aryl methyl sites for hydroxylation is 2. The zero-order chi connectivity index (χ0) is 13.9. The summed E-state index contributed by atoms with van der Waals surface area (Å²) in [4.78, 5) is 12.0. The van der Waals surface area contributed by atoms with E-state index in [1.54, 1.807) is 4.68 Å². The molecule has 0 aliphatic rings. The molecule has 1 aromatic rings. The quantitative estimate of drug-likeness (QED) is 0.840. The van der Waals surface area contributed by atoms with Gasteiger partial charge in [-0.25, -0.2) is 0 Å². The van der Waals surface area contributed by atoms with E-state index in [4.69, 9.17) is 0 Å². The Morgan fingerprint density at radius 1 is 1.56 bits per heavy atom. The lowest BCUT2D eigenvalue weighted by atomic mass is 10.0. The molecule has 5 nitrogen and oxygen atoms in total. The molecule has 1 aromatic heterocycles. The molecule has 0 radical (unpaired) electrons. The first-order valence-electron chi connectivity index (χ1n) is 6.34. The molecule has 0 fully saturated rings.